The largest absolute Gasteiger partial charge is 0.490 e. The van der Waals surface area contributed by atoms with E-state index in [2.05, 4.69) is 46.3 Å². The van der Waals surface area contributed by atoms with Gasteiger partial charge in [-0.3, -0.25) is 4.79 Å². The molecule has 1 aliphatic carbocycles. The molecule has 0 unspecified atom stereocenters. The molecule has 3 aliphatic rings. The third-order valence-electron chi connectivity index (χ3n) is 10.0. The van der Waals surface area contributed by atoms with Gasteiger partial charge in [0.2, 0.25) is 11.6 Å². The number of nitrogens with zero attached hydrogens (tertiary/aromatic N) is 4. The lowest BCUT2D eigenvalue weighted by Crippen LogP contribution is -2.41. The van der Waals surface area contributed by atoms with E-state index in [0.717, 1.165) is 80.9 Å². The number of anilines is 1. The molecule has 0 spiro atoms. The number of aromatic nitrogens is 3. The number of para-hydroxylation sites is 1. The zero-order valence-corrected chi connectivity index (χ0v) is 28.1. The van der Waals surface area contributed by atoms with Gasteiger partial charge in [-0.2, -0.15) is 5.10 Å². The van der Waals surface area contributed by atoms with Gasteiger partial charge in [-0.15, -0.1) is 0 Å². The number of ether oxygens (including phenoxy) is 2. The number of nitrogens with two attached hydrogens (primary N) is 1. The summed E-state index contributed by atoms with van der Waals surface area (Å²) < 4.78 is 41.8. The van der Waals surface area contributed by atoms with E-state index >= 15 is 0 Å². The minimum absolute atomic E-state index is 0.00868. The molecular formula is C38H42F2N6O3. The van der Waals surface area contributed by atoms with E-state index < -0.39 is 17.4 Å². The number of Topliss-reactive ketones (excluding diaryl/α,β-unsaturated/α-hetero) is 1. The van der Waals surface area contributed by atoms with Gasteiger partial charge in [0.1, 0.15) is 17.7 Å². The van der Waals surface area contributed by atoms with Crippen LogP contribution in [0.25, 0.3) is 11.8 Å². The Bertz CT molecular complexity index is 1890. The summed E-state index contributed by atoms with van der Waals surface area (Å²) in [6.45, 7) is 10.3. The summed E-state index contributed by atoms with van der Waals surface area (Å²) in [6.07, 6.45) is 9.65. The Morgan fingerprint density at radius 2 is 1.78 bits per heavy atom. The van der Waals surface area contributed by atoms with Crippen molar-refractivity contribution in [2.24, 2.45) is 0 Å². The number of benzene rings is 2. The Morgan fingerprint density at radius 3 is 2.47 bits per heavy atom. The molecule has 2 aromatic heterocycles. The Morgan fingerprint density at radius 1 is 1.04 bits per heavy atom. The summed E-state index contributed by atoms with van der Waals surface area (Å²) in [4.78, 5) is 20.6. The number of hydrogen-bond acceptors (Lipinski definition) is 8. The second-order valence-corrected chi connectivity index (χ2v) is 13.6. The van der Waals surface area contributed by atoms with Gasteiger partial charge < -0.3 is 25.4 Å². The number of ketones is 1. The summed E-state index contributed by atoms with van der Waals surface area (Å²) in [5, 5.41) is 7.89. The van der Waals surface area contributed by atoms with Crippen molar-refractivity contribution in [3.05, 3.63) is 93.8 Å². The third-order valence-corrected chi connectivity index (χ3v) is 10.0. The smallest absolute Gasteiger partial charge is 0.219 e. The summed E-state index contributed by atoms with van der Waals surface area (Å²) in [7, 11) is 0. The van der Waals surface area contributed by atoms with Gasteiger partial charge in [-0.25, -0.2) is 18.4 Å². The monoisotopic (exact) mass is 668 g/mol. The quantitative estimate of drug-likeness (QED) is 0.188. The first-order valence-electron chi connectivity index (χ1n) is 17.1. The van der Waals surface area contributed by atoms with Crippen LogP contribution in [0.15, 0.2) is 54.4 Å². The molecule has 0 radical (unpaired) electrons. The Labute approximate surface area is 285 Å². The van der Waals surface area contributed by atoms with E-state index in [1.54, 1.807) is 6.92 Å². The van der Waals surface area contributed by atoms with Crippen molar-refractivity contribution in [3.8, 4) is 23.1 Å². The maximum absolute atomic E-state index is 14.1. The highest BCUT2D eigenvalue weighted by Gasteiger charge is 2.29. The van der Waals surface area contributed by atoms with Gasteiger partial charge >= 0.3 is 0 Å². The molecule has 11 heteroatoms. The van der Waals surface area contributed by atoms with Crippen molar-refractivity contribution in [2.45, 2.75) is 70.9 Å². The van der Waals surface area contributed by atoms with E-state index in [4.69, 9.17) is 15.2 Å². The van der Waals surface area contributed by atoms with E-state index in [-0.39, 0.29) is 23.6 Å². The van der Waals surface area contributed by atoms with Gasteiger partial charge in [0.05, 0.1) is 23.6 Å². The fourth-order valence-electron chi connectivity index (χ4n) is 7.16. The van der Waals surface area contributed by atoms with Crippen LogP contribution in [0.2, 0.25) is 0 Å². The standard InChI is InChI=1S/C38H42F2N6O3/c1-22(2)45-13-9-28(10-14-45)48-34-19-26-17-27(16-25(26)18-29(34)24-7-11-42-12-8-24)36(47)30-20-44-46(38(30)41)33-21-43-35(15-23(33)3)49-37-31(39)5-4-6-32(37)40/h4-6,15,17-22,24,28,42H,7-14,16,41H2,1-3H3. The summed E-state index contributed by atoms with van der Waals surface area (Å²) in [5.41, 5.74) is 12.0. The second-order valence-electron chi connectivity index (χ2n) is 13.6. The number of allylic oxidation sites excluding steroid dienone is 1. The number of carbonyl (C=O) groups excluding carboxylic acids is 1. The van der Waals surface area contributed by atoms with E-state index in [1.165, 1.54) is 34.8 Å². The number of fused-ring (bicyclic) bond motifs is 1. The highest BCUT2D eigenvalue weighted by Crippen LogP contribution is 2.40. The van der Waals surface area contributed by atoms with Crippen molar-refractivity contribution >= 4 is 17.7 Å². The first-order chi connectivity index (χ1) is 23.7. The first kappa shape index (κ1) is 32.9. The van der Waals surface area contributed by atoms with Gasteiger partial charge in [0.15, 0.2) is 17.4 Å². The minimum Gasteiger partial charge on any atom is -0.490 e. The number of piperidine rings is 2. The predicted octanol–water partition coefficient (Wildman–Crippen LogP) is 6.77. The minimum atomic E-state index is -0.833. The molecule has 0 bridgehead atoms. The summed E-state index contributed by atoms with van der Waals surface area (Å²) >= 11 is 0. The first-order valence-corrected chi connectivity index (χ1v) is 17.1. The van der Waals surface area contributed by atoms with Crippen molar-refractivity contribution in [1.29, 1.82) is 0 Å². The Hall–Kier alpha value is -4.61. The number of likely N-dealkylation sites (tertiary alicyclic amines) is 1. The zero-order valence-electron chi connectivity index (χ0n) is 28.1. The lowest BCUT2D eigenvalue weighted by atomic mass is 9.87. The predicted molar refractivity (Wildman–Crippen MR) is 185 cm³/mol. The van der Waals surface area contributed by atoms with E-state index in [0.29, 0.717) is 40.8 Å². The van der Waals surface area contributed by atoms with Gasteiger partial charge in [0, 0.05) is 37.2 Å². The fraction of sp³-hybridized carbons (Fsp3) is 0.395. The Kier molecular flexibility index (Phi) is 9.21. The normalized spacial score (nSPS) is 17.3. The average molecular weight is 669 g/mol. The lowest BCUT2D eigenvalue weighted by molar-refractivity contribution is 0.0832. The number of nitrogen functional groups attached to an aromatic ring is 1. The van der Waals surface area contributed by atoms with Crippen LogP contribution in [0, 0.1) is 18.6 Å². The van der Waals surface area contributed by atoms with Crippen LogP contribution in [0.4, 0.5) is 14.6 Å². The molecule has 4 aromatic rings. The molecule has 4 heterocycles. The van der Waals surface area contributed by atoms with Crippen LogP contribution in [-0.2, 0) is 6.42 Å². The number of pyridine rings is 1. The van der Waals surface area contributed by atoms with Crippen molar-refractivity contribution in [1.82, 2.24) is 25.0 Å². The maximum Gasteiger partial charge on any atom is 0.219 e. The van der Waals surface area contributed by atoms with Crippen molar-refractivity contribution in [3.63, 3.8) is 0 Å². The number of hydrogen-bond donors (Lipinski definition) is 2. The number of rotatable bonds is 9. The highest BCUT2D eigenvalue weighted by molar-refractivity contribution is 6.15. The molecule has 2 saturated heterocycles. The molecule has 3 N–H and O–H groups in total. The Balaban J connectivity index is 1.11. The maximum atomic E-state index is 14.1. The van der Waals surface area contributed by atoms with Crippen LogP contribution >= 0.6 is 0 Å². The summed E-state index contributed by atoms with van der Waals surface area (Å²) in [5.74, 6) is -0.855. The zero-order chi connectivity index (χ0) is 34.2. The second kappa shape index (κ2) is 13.7. The van der Waals surface area contributed by atoms with Crippen LogP contribution in [0.5, 0.6) is 17.4 Å². The third kappa shape index (κ3) is 6.69. The highest BCUT2D eigenvalue weighted by atomic mass is 19.1. The average Bonchev–Trinajstić information content (AvgIpc) is 3.69. The summed E-state index contributed by atoms with van der Waals surface area (Å²) in [6, 6.07) is 9.95. The molecular weight excluding hydrogens is 626 g/mol. The molecule has 2 aromatic carbocycles. The molecule has 9 nitrogen and oxygen atoms in total. The van der Waals surface area contributed by atoms with Crippen LogP contribution in [0.3, 0.4) is 0 Å². The molecule has 0 amide bonds. The molecule has 2 aliphatic heterocycles. The van der Waals surface area contributed by atoms with E-state index in [9.17, 15) is 13.6 Å². The van der Waals surface area contributed by atoms with Crippen LogP contribution in [-0.4, -0.2) is 63.8 Å². The van der Waals surface area contributed by atoms with Gasteiger partial charge in [0.25, 0.3) is 0 Å². The topological polar surface area (TPSA) is 108 Å². The number of halogens is 2. The fourth-order valence-corrected chi connectivity index (χ4v) is 7.16. The number of nitrogens with one attached hydrogen (secondary N) is 1. The van der Waals surface area contributed by atoms with E-state index in [1.807, 2.05) is 6.08 Å². The molecule has 2 fully saturated rings. The molecule has 0 saturated carbocycles. The molecule has 256 valence electrons. The molecule has 49 heavy (non-hydrogen) atoms. The van der Waals surface area contributed by atoms with Crippen LogP contribution in [0.1, 0.15) is 78.1 Å². The number of carbonyl (C=O) groups is 1. The van der Waals surface area contributed by atoms with Crippen LogP contribution < -0.4 is 20.5 Å². The molecule has 7 rings (SSSR count). The number of aryl methyl sites for hydroxylation is 1. The van der Waals surface area contributed by atoms with Gasteiger partial charge in [-0.1, -0.05) is 12.1 Å². The lowest BCUT2D eigenvalue weighted by Gasteiger charge is -2.35. The van der Waals surface area contributed by atoms with Crippen molar-refractivity contribution < 1.29 is 23.0 Å². The van der Waals surface area contributed by atoms with Crippen molar-refractivity contribution in [2.75, 3.05) is 31.9 Å². The molecule has 0 atom stereocenters. The SMILES string of the molecule is Cc1cc(Oc2c(F)cccc2F)ncc1-n1ncc(C(=O)C2=Cc3cc(OC4CCN(C(C)C)CC4)c(C4CCNCC4)cc3C2)c1N. The van der Waals surface area contributed by atoms with Gasteiger partial charge in [-0.05, 0) is 112 Å².